The van der Waals surface area contributed by atoms with Crippen LogP contribution in [0.25, 0.3) is 0 Å². The first-order valence-corrected chi connectivity index (χ1v) is 10.6. The SMILES string of the molecule is Nc1nc(OCCC(F)(F)F)cc2c1NC(=O)CN2Cc1cccc(CN2CCCC2)c1. The van der Waals surface area contributed by atoms with E-state index in [1.165, 1.54) is 24.5 Å². The molecule has 2 aromatic rings. The molecule has 1 aromatic heterocycles. The average Bonchev–Trinajstić information content (AvgIpc) is 3.21. The summed E-state index contributed by atoms with van der Waals surface area (Å²) in [6.45, 7) is 3.08. The second-order valence-corrected chi connectivity index (χ2v) is 8.16. The maximum absolute atomic E-state index is 12.4. The number of nitrogen functional groups attached to an aromatic ring is 1. The van der Waals surface area contributed by atoms with Gasteiger partial charge in [-0.05, 0) is 37.1 Å². The predicted octanol–water partition coefficient (Wildman–Crippen LogP) is 3.55. The van der Waals surface area contributed by atoms with Gasteiger partial charge in [0.25, 0.3) is 0 Å². The minimum absolute atomic E-state index is 0.00495. The maximum Gasteiger partial charge on any atom is 0.392 e. The van der Waals surface area contributed by atoms with Crippen molar-refractivity contribution in [3.8, 4) is 5.88 Å². The van der Waals surface area contributed by atoms with E-state index in [0.717, 1.165) is 25.2 Å². The van der Waals surface area contributed by atoms with E-state index in [1.807, 2.05) is 17.0 Å². The molecule has 0 atom stereocenters. The Morgan fingerprint density at radius 1 is 1.12 bits per heavy atom. The van der Waals surface area contributed by atoms with Crippen LogP contribution in [0.2, 0.25) is 0 Å². The topological polar surface area (TPSA) is 83.7 Å². The van der Waals surface area contributed by atoms with Gasteiger partial charge in [0.2, 0.25) is 11.8 Å². The van der Waals surface area contributed by atoms with Gasteiger partial charge >= 0.3 is 6.18 Å². The Bertz CT molecular complexity index is 977. The third kappa shape index (κ3) is 5.61. The molecule has 0 unspecified atom stereocenters. The molecule has 0 aliphatic carbocycles. The van der Waals surface area contributed by atoms with Crippen LogP contribution in [0.1, 0.15) is 30.4 Å². The van der Waals surface area contributed by atoms with E-state index >= 15 is 0 Å². The molecule has 1 saturated heterocycles. The number of fused-ring (bicyclic) bond motifs is 1. The number of aromatic nitrogens is 1. The molecule has 0 saturated carbocycles. The number of carbonyl (C=O) groups is 1. The third-order valence-electron chi connectivity index (χ3n) is 5.55. The van der Waals surface area contributed by atoms with Crippen molar-refractivity contribution in [3.05, 3.63) is 41.5 Å². The zero-order chi connectivity index (χ0) is 22.7. The smallest absolute Gasteiger partial charge is 0.392 e. The maximum atomic E-state index is 12.4. The second kappa shape index (κ2) is 9.23. The van der Waals surface area contributed by atoms with Crippen LogP contribution in [-0.2, 0) is 17.9 Å². The van der Waals surface area contributed by atoms with Gasteiger partial charge in [0.1, 0.15) is 5.69 Å². The number of anilines is 3. The average molecular weight is 449 g/mol. The van der Waals surface area contributed by atoms with E-state index in [2.05, 4.69) is 27.3 Å². The van der Waals surface area contributed by atoms with Crippen LogP contribution >= 0.6 is 0 Å². The molecule has 1 fully saturated rings. The Labute approximate surface area is 184 Å². The summed E-state index contributed by atoms with van der Waals surface area (Å²) in [6, 6.07) is 9.72. The van der Waals surface area contributed by atoms with Crippen molar-refractivity contribution in [1.29, 1.82) is 0 Å². The summed E-state index contributed by atoms with van der Waals surface area (Å²) in [5.74, 6) is -0.232. The minimum Gasteiger partial charge on any atom is -0.477 e. The second-order valence-electron chi connectivity index (χ2n) is 8.16. The molecule has 32 heavy (non-hydrogen) atoms. The van der Waals surface area contributed by atoms with E-state index in [1.54, 1.807) is 0 Å². The van der Waals surface area contributed by atoms with Gasteiger partial charge < -0.3 is 20.7 Å². The number of pyridine rings is 1. The largest absolute Gasteiger partial charge is 0.477 e. The van der Waals surface area contributed by atoms with Crippen molar-refractivity contribution in [2.45, 2.75) is 38.5 Å². The van der Waals surface area contributed by atoms with Crippen molar-refractivity contribution >= 4 is 23.1 Å². The van der Waals surface area contributed by atoms with Gasteiger partial charge in [0.15, 0.2) is 5.82 Å². The third-order valence-corrected chi connectivity index (χ3v) is 5.55. The molecular weight excluding hydrogens is 423 g/mol. The standard InChI is InChI=1S/C22H26F3N5O2/c23-22(24,25)6-9-32-19-11-17-20(21(26)28-19)27-18(31)14-30(17)13-16-5-3-4-15(10-16)12-29-7-1-2-8-29/h3-5,10-11H,1-2,6-9,12-14H2,(H2,26,28)(H,27,31). The fourth-order valence-electron chi connectivity index (χ4n) is 4.07. The van der Waals surface area contributed by atoms with Crippen LogP contribution in [0, 0.1) is 0 Å². The van der Waals surface area contributed by atoms with Crippen molar-refractivity contribution in [2.75, 3.05) is 42.2 Å². The van der Waals surface area contributed by atoms with Crippen LogP contribution in [-0.4, -0.2) is 48.2 Å². The lowest BCUT2D eigenvalue weighted by molar-refractivity contribution is -0.139. The molecule has 1 aromatic carbocycles. The molecule has 0 bridgehead atoms. The first kappa shape index (κ1) is 22.2. The Balaban J connectivity index is 1.52. The number of hydrogen-bond acceptors (Lipinski definition) is 6. The number of nitrogens with one attached hydrogen (secondary N) is 1. The lowest BCUT2D eigenvalue weighted by atomic mass is 10.1. The quantitative estimate of drug-likeness (QED) is 0.673. The highest BCUT2D eigenvalue weighted by Gasteiger charge is 2.28. The highest BCUT2D eigenvalue weighted by atomic mass is 19.4. The van der Waals surface area contributed by atoms with E-state index < -0.39 is 19.2 Å². The summed E-state index contributed by atoms with van der Waals surface area (Å²) in [6.07, 6.45) is -2.96. The lowest BCUT2D eigenvalue weighted by Gasteiger charge is -2.31. The highest BCUT2D eigenvalue weighted by Crippen LogP contribution is 2.37. The Morgan fingerprint density at radius 2 is 1.84 bits per heavy atom. The van der Waals surface area contributed by atoms with Crippen molar-refractivity contribution in [1.82, 2.24) is 9.88 Å². The minimum atomic E-state index is -4.32. The molecule has 3 N–H and O–H groups in total. The molecule has 7 nitrogen and oxygen atoms in total. The number of nitrogens with two attached hydrogens (primary N) is 1. The lowest BCUT2D eigenvalue weighted by Crippen LogP contribution is -2.38. The van der Waals surface area contributed by atoms with E-state index in [-0.39, 0.29) is 24.1 Å². The number of carbonyl (C=O) groups excluding carboxylic acids is 1. The summed E-state index contributed by atoms with van der Waals surface area (Å²) in [5, 5.41) is 2.70. The van der Waals surface area contributed by atoms with Crippen LogP contribution in [0.5, 0.6) is 5.88 Å². The molecule has 0 radical (unpaired) electrons. The number of ether oxygens (including phenoxy) is 1. The van der Waals surface area contributed by atoms with Crippen molar-refractivity contribution < 1.29 is 22.7 Å². The summed E-state index contributed by atoms with van der Waals surface area (Å²) < 4.78 is 42.5. The normalized spacial score (nSPS) is 16.7. The van der Waals surface area contributed by atoms with Crippen molar-refractivity contribution in [2.24, 2.45) is 0 Å². The first-order valence-electron chi connectivity index (χ1n) is 10.6. The zero-order valence-corrected chi connectivity index (χ0v) is 17.6. The van der Waals surface area contributed by atoms with Crippen LogP contribution in [0.15, 0.2) is 30.3 Å². The number of halogens is 3. The van der Waals surface area contributed by atoms with Crippen LogP contribution in [0.3, 0.4) is 0 Å². The molecule has 3 heterocycles. The van der Waals surface area contributed by atoms with Crippen molar-refractivity contribution in [3.63, 3.8) is 0 Å². The number of nitrogens with zero attached hydrogens (tertiary/aromatic N) is 3. The van der Waals surface area contributed by atoms with Gasteiger partial charge in [0.05, 0.1) is 25.3 Å². The van der Waals surface area contributed by atoms with Gasteiger partial charge in [-0.2, -0.15) is 18.2 Å². The van der Waals surface area contributed by atoms with E-state index in [4.69, 9.17) is 10.5 Å². The molecule has 2 aliphatic rings. The summed E-state index contributed by atoms with van der Waals surface area (Å²) in [7, 11) is 0. The summed E-state index contributed by atoms with van der Waals surface area (Å²) in [4.78, 5) is 20.5. The van der Waals surface area contributed by atoms with E-state index in [9.17, 15) is 18.0 Å². The Kier molecular flexibility index (Phi) is 6.40. The predicted molar refractivity (Wildman–Crippen MR) is 115 cm³/mol. The number of benzene rings is 1. The molecule has 0 spiro atoms. The van der Waals surface area contributed by atoms with Gasteiger partial charge in [0, 0.05) is 19.2 Å². The monoisotopic (exact) mass is 449 g/mol. The highest BCUT2D eigenvalue weighted by molar-refractivity contribution is 6.04. The van der Waals surface area contributed by atoms with Crippen LogP contribution in [0.4, 0.5) is 30.4 Å². The van der Waals surface area contributed by atoms with Gasteiger partial charge in [-0.1, -0.05) is 24.3 Å². The number of alkyl halides is 3. The number of amides is 1. The zero-order valence-electron chi connectivity index (χ0n) is 17.6. The molecule has 4 rings (SSSR count). The molecule has 1 amide bonds. The molecule has 10 heteroatoms. The molecule has 2 aliphatic heterocycles. The van der Waals surface area contributed by atoms with Gasteiger partial charge in [-0.3, -0.25) is 9.69 Å². The molecular formula is C22H26F3N5O2. The van der Waals surface area contributed by atoms with Gasteiger partial charge in [-0.25, -0.2) is 0 Å². The van der Waals surface area contributed by atoms with Crippen LogP contribution < -0.4 is 20.7 Å². The first-order chi connectivity index (χ1) is 15.3. The van der Waals surface area contributed by atoms with E-state index in [0.29, 0.717) is 17.9 Å². The summed E-state index contributed by atoms with van der Waals surface area (Å²) >= 11 is 0. The number of rotatable bonds is 7. The summed E-state index contributed by atoms with van der Waals surface area (Å²) in [5.41, 5.74) is 9.12. The molecule has 172 valence electrons. The number of likely N-dealkylation sites (tertiary alicyclic amines) is 1. The Morgan fingerprint density at radius 3 is 2.56 bits per heavy atom. The Hall–Kier alpha value is -3.01. The number of hydrogen-bond donors (Lipinski definition) is 2. The fraction of sp³-hybridized carbons (Fsp3) is 0.455. The van der Waals surface area contributed by atoms with Gasteiger partial charge in [-0.15, -0.1) is 0 Å². The fourth-order valence-corrected chi connectivity index (χ4v) is 4.07.